The van der Waals surface area contributed by atoms with Crippen LogP contribution in [0.15, 0.2) is 65.5 Å². The van der Waals surface area contributed by atoms with Gasteiger partial charge in [0.2, 0.25) is 0 Å². The van der Waals surface area contributed by atoms with Crippen molar-refractivity contribution in [3.63, 3.8) is 0 Å². The van der Waals surface area contributed by atoms with Gasteiger partial charge in [-0.15, -0.1) is 0 Å². The van der Waals surface area contributed by atoms with E-state index in [1.165, 1.54) is 0 Å². The van der Waals surface area contributed by atoms with E-state index in [1.54, 1.807) is 4.57 Å². The number of hydrogen-bond donors (Lipinski definition) is 1. The van der Waals surface area contributed by atoms with Gasteiger partial charge in [-0.05, 0) is 6.92 Å². The summed E-state index contributed by atoms with van der Waals surface area (Å²) >= 11 is 0. The smallest absolute Gasteiger partial charge is 0.305 e. The number of H-pyrrole nitrogens is 1. The van der Waals surface area contributed by atoms with Crippen molar-refractivity contribution in [3.05, 3.63) is 71.1 Å². The van der Waals surface area contributed by atoms with E-state index in [9.17, 15) is 4.79 Å². The number of nitrogens with zero attached hydrogens (tertiary/aromatic N) is 1. The second-order valence-electron chi connectivity index (χ2n) is 4.63. The Morgan fingerprint density at radius 3 is 2.00 bits per heavy atom. The Balaban J connectivity index is 2.29. The van der Waals surface area contributed by atoms with Gasteiger partial charge >= 0.3 is 5.69 Å². The molecule has 2 aromatic carbocycles. The first-order valence-electron chi connectivity index (χ1n) is 6.75. The summed E-state index contributed by atoms with van der Waals surface area (Å²) in [6.07, 6.45) is 0. The third kappa shape index (κ3) is 2.07. The number of nitrogens with one attached hydrogen (secondary N) is 1. The van der Waals surface area contributed by atoms with Crippen molar-refractivity contribution < 1.29 is 0 Å². The van der Waals surface area contributed by atoms with E-state index in [2.05, 4.69) is 4.98 Å². The zero-order valence-electron chi connectivity index (χ0n) is 11.3. The molecule has 0 aliphatic heterocycles. The van der Waals surface area contributed by atoms with Gasteiger partial charge in [0, 0.05) is 17.7 Å². The van der Waals surface area contributed by atoms with Crippen LogP contribution in [0.4, 0.5) is 0 Å². The molecule has 0 unspecified atom stereocenters. The molecule has 3 heteroatoms. The normalized spacial score (nSPS) is 10.7. The zero-order chi connectivity index (χ0) is 13.9. The third-order valence-corrected chi connectivity index (χ3v) is 3.41. The molecular weight excluding hydrogens is 248 g/mol. The summed E-state index contributed by atoms with van der Waals surface area (Å²) in [6.45, 7) is 2.63. The molecule has 0 saturated heterocycles. The Labute approximate surface area is 117 Å². The van der Waals surface area contributed by atoms with Gasteiger partial charge in [-0.3, -0.25) is 4.57 Å². The molecule has 3 nitrogen and oxygen atoms in total. The van der Waals surface area contributed by atoms with Crippen LogP contribution in [-0.4, -0.2) is 9.55 Å². The molecule has 20 heavy (non-hydrogen) atoms. The Morgan fingerprint density at radius 1 is 0.900 bits per heavy atom. The van der Waals surface area contributed by atoms with Gasteiger partial charge in [-0.1, -0.05) is 60.7 Å². The lowest BCUT2D eigenvalue weighted by Gasteiger charge is -2.08. The highest BCUT2D eigenvalue weighted by molar-refractivity contribution is 5.78. The fraction of sp³-hybridized carbons (Fsp3) is 0.118. The molecule has 0 spiro atoms. The van der Waals surface area contributed by atoms with E-state index >= 15 is 0 Å². The van der Waals surface area contributed by atoms with Crippen LogP contribution >= 0.6 is 0 Å². The van der Waals surface area contributed by atoms with Gasteiger partial charge in [0.25, 0.3) is 0 Å². The highest BCUT2D eigenvalue weighted by Gasteiger charge is 2.15. The van der Waals surface area contributed by atoms with Crippen molar-refractivity contribution in [2.24, 2.45) is 0 Å². The Kier molecular flexibility index (Phi) is 3.25. The average molecular weight is 264 g/mol. The van der Waals surface area contributed by atoms with Crippen LogP contribution in [0, 0.1) is 0 Å². The van der Waals surface area contributed by atoms with Crippen LogP contribution in [0.5, 0.6) is 0 Å². The molecule has 0 bridgehead atoms. The van der Waals surface area contributed by atoms with E-state index in [0.29, 0.717) is 6.54 Å². The van der Waals surface area contributed by atoms with Gasteiger partial charge in [-0.2, -0.15) is 0 Å². The number of benzene rings is 2. The zero-order valence-corrected chi connectivity index (χ0v) is 11.3. The summed E-state index contributed by atoms with van der Waals surface area (Å²) in [7, 11) is 0. The third-order valence-electron chi connectivity index (χ3n) is 3.41. The van der Waals surface area contributed by atoms with E-state index in [4.69, 9.17) is 0 Å². The first-order valence-corrected chi connectivity index (χ1v) is 6.75. The summed E-state index contributed by atoms with van der Waals surface area (Å²) in [5, 5.41) is 0. The van der Waals surface area contributed by atoms with E-state index in [-0.39, 0.29) is 5.69 Å². The van der Waals surface area contributed by atoms with Crippen LogP contribution in [-0.2, 0) is 6.54 Å². The molecule has 0 fully saturated rings. The van der Waals surface area contributed by atoms with Gasteiger partial charge in [-0.25, -0.2) is 4.79 Å². The predicted octanol–water partition coefficient (Wildman–Crippen LogP) is 3.53. The molecule has 3 aromatic rings. The second-order valence-corrected chi connectivity index (χ2v) is 4.63. The minimum atomic E-state index is -0.0646. The first kappa shape index (κ1) is 12.5. The van der Waals surface area contributed by atoms with Gasteiger partial charge < -0.3 is 4.98 Å². The number of aromatic nitrogens is 2. The Morgan fingerprint density at radius 2 is 1.45 bits per heavy atom. The Bertz CT molecular complexity index is 755. The highest BCUT2D eigenvalue weighted by Crippen LogP contribution is 2.29. The summed E-state index contributed by atoms with van der Waals surface area (Å²) in [4.78, 5) is 15.1. The molecule has 1 heterocycles. The lowest BCUT2D eigenvalue weighted by molar-refractivity contribution is 0.736. The molecule has 0 aliphatic rings. The number of hydrogen-bond acceptors (Lipinski definition) is 1. The van der Waals surface area contributed by atoms with Crippen molar-refractivity contribution in [1.82, 2.24) is 9.55 Å². The van der Waals surface area contributed by atoms with Gasteiger partial charge in [0.15, 0.2) is 0 Å². The van der Waals surface area contributed by atoms with Crippen LogP contribution in [0.1, 0.15) is 6.92 Å². The van der Waals surface area contributed by atoms with E-state index in [1.807, 2.05) is 67.6 Å². The van der Waals surface area contributed by atoms with E-state index in [0.717, 1.165) is 22.5 Å². The van der Waals surface area contributed by atoms with Gasteiger partial charge in [0.05, 0.1) is 11.4 Å². The van der Waals surface area contributed by atoms with Crippen molar-refractivity contribution in [3.8, 4) is 22.5 Å². The van der Waals surface area contributed by atoms with Gasteiger partial charge in [0.1, 0.15) is 0 Å². The standard InChI is InChI=1S/C17H16N2O/c1-2-19-16(14-11-7-4-8-12-14)15(18-17(19)20)13-9-5-3-6-10-13/h3-12H,2H2,1H3,(H,18,20). The lowest BCUT2D eigenvalue weighted by Crippen LogP contribution is -2.16. The first-order chi connectivity index (χ1) is 9.81. The molecule has 1 N–H and O–H groups in total. The molecule has 0 amide bonds. The predicted molar refractivity (Wildman–Crippen MR) is 81.6 cm³/mol. The SMILES string of the molecule is CCn1c(-c2ccccc2)c(-c2ccccc2)[nH]c1=O. The minimum absolute atomic E-state index is 0.0646. The van der Waals surface area contributed by atoms with Crippen molar-refractivity contribution in [2.75, 3.05) is 0 Å². The van der Waals surface area contributed by atoms with Crippen molar-refractivity contribution >= 4 is 0 Å². The molecule has 3 rings (SSSR count). The Hall–Kier alpha value is -2.55. The average Bonchev–Trinajstić information content (AvgIpc) is 2.85. The van der Waals surface area contributed by atoms with Crippen LogP contribution in [0.3, 0.4) is 0 Å². The summed E-state index contributed by atoms with van der Waals surface area (Å²) in [5.74, 6) is 0. The number of aromatic amines is 1. The monoisotopic (exact) mass is 264 g/mol. The molecule has 0 aliphatic carbocycles. The fourth-order valence-electron chi connectivity index (χ4n) is 2.48. The lowest BCUT2D eigenvalue weighted by atomic mass is 10.0. The van der Waals surface area contributed by atoms with Crippen molar-refractivity contribution in [2.45, 2.75) is 13.5 Å². The quantitative estimate of drug-likeness (QED) is 0.772. The minimum Gasteiger partial charge on any atom is -0.305 e. The maximum absolute atomic E-state index is 12.1. The number of rotatable bonds is 3. The summed E-state index contributed by atoms with van der Waals surface area (Å²) < 4.78 is 1.78. The van der Waals surface area contributed by atoms with Crippen LogP contribution < -0.4 is 5.69 Å². The largest absolute Gasteiger partial charge is 0.326 e. The van der Waals surface area contributed by atoms with Crippen LogP contribution in [0.2, 0.25) is 0 Å². The number of imidazole rings is 1. The fourth-order valence-corrected chi connectivity index (χ4v) is 2.48. The summed E-state index contributed by atoms with van der Waals surface area (Å²) in [5.41, 5.74) is 3.83. The molecular formula is C17H16N2O. The topological polar surface area (TPSA) is 37.8 Å². The van der Waals surface area contributed by atoms with Crippen molar-refractivity contribution in [1.29, 1.82) is 0 Å². The maximum atomic E-state index is 12.1. The molecule has 1 aromatic heterocycles. The maximum Gasteiger partial charge on any atom is 0.326 e. The molecule has 0 radical (unpaired) electrons. The molecule has 100 valence electrons. The molecule has 0 saturated carbocycles. The second kappa shape index (κ2) is 5.21. The summed E-state index contributed by atoms with van der Waals surface area (Å²) in [6, 6.07) is 20.0. The van der Waals surface area contributed by atoms with Crippen LogP contribution in [0.25, 0.3) is 22.5 Å². The molecule has 0 atom stereocenters. The van der Waals surface area contributed by atoms with E-state index < -0.39 is 0 Å². The highest BCUT2D eigenvalue weighted by atomic mass is 16.1.